The first kappa shape index (κ1) is 15.2. The predicted molar refractivity (Wildman–Crippen MR) is 84.8 cm³/mol. The summed E-state index contributed by atoms with van der Waals surface area (Å²) in [7, 11) is -3.08. The van der Waals surface area contributed by atoms with E-state index in [2.05, 4.69) is 15.2 Å². The lowest BCUT2D eigenvalue weighted by Gasteiger charge is -2.13. The van der Waals surface area contributed by atoms with Gasteiger partial charge in [-0.05, 0) is 43.9 Å². The second-order valence-corrected chi connectivity index (χ2v) is 7.91. The number of aromatic amines is 1. The van der Waals surface area contributed by atoms with Gasteiger partial charge >= 0.3 is 0 Å². The molecule has 2 aromatic rings. The first-order valence-electron chi connectivity index (χ1n) is 7.35. The Morgan fingerprint density at radius 1 is 1.36 bits per heavy atom. The van der Waals surface area contributed by atoms with Gasteiger partial charge in [0.1, 0.15) is 5.69 Å². The summed E-state index contributed by atoms with van der Waals surface area (Å²) in [6.07, 6.45) is 2.96. The van der Waals surface area contributed by atoms with Crippen molar-refractivity contribution in [3.63, 3.8) is 0 Å². The molecule has 0 radical (unpaired) electrons. The maximum absolute atomic E-state index is 11.6. The van der Waals surface area contributed by atoms with Crippen molar-refractivity contribution in [3.05, 3.63) is 35.7 Å². The Bertz CT molecular complexity index is 769. The molecule has 1 N–H and O–H groups in total. The van der Waals surface area contributed by atoms with Crippen LogP contribution >= 0.6 is 0 Å². The zero-order valence-electron chi connectivity index (χ0n) is 12.8. The van der Waals surface area contributed by atoms with Crippen LogP contribution in [-0.4, -0.2) is 47.2 Å². The molecule has 0 spiro atoms. The van der Waals surface area contributed by atoms with Crippen molar-refractivity contribution in [3.8, 4) is 11.4 Å². The van der Waals surface area contributed by atoms with Crippen molar-refractivity contribution in [1.82, 2.24) is 19.5 Å². The van der Waals surface area contributed by atoms with Gasteiger partial charge in [0.15, 0.2) is 0 Å². The first-order valence-corrected chi connectivity index (χ1v) is 9.20. The van der Waals surface area contributed by atoms with Gasteiger partial charge in [-0.25, -0.2) is 12.7 Å². The summed E-state index contributed by atoms with van der Waals surface area (Å²) >= 11 is 0. The Morgan fingerprint density at radius 2 is 2.18 bits per heavy atom. The van der Waals surface area contributed by atoms with Crippen LogP contribution in [0.2, 0.25) is 0 Å². The maximum Gasteiger partial charge on any atom is 0.211 e. The molecule has 1 aliphatic heterocycles. The Labute approximate surface area is 130 Å². The number of aromatic nitrogens is 3. The number of pyridine rings is 1. The molecule has 0 unspecified atom stereocenters. The monoisotopic (exact) mass is 320 g/mol. The lowest BCUT2D eigenvalue weighted by atomic mass is 10.0. The van der Waals surface area contributed by atoms with E-state index in [1.807, 2.05) is 31.2 Å². The van der Waals surface area contributed by atoms with Crippen LogP contribution in [0, 0.1) is 12.8 Å². The zero-order valence-corrected chi connectivity index (χ0v) is 13.6. The van der Waals surface area contributed by atoms with E-state index in [1.54, 1.807) is 4.31 Å². The molecule has 3 rings (SSSR count). The fourth-order valence-electron chi connectivity index (χ4n) is 2.85. The number of H-pyrrole nitrogens is 1. The van der Waals surface area contributed by atoms with Gasteiger partial charge in [-0.3, -0.25) is 10.1 Å². The third-order valence-corrected chi connectivity index (χ3v) is 5.26. The molecular weight excluding hydrogens is 300 g/mol. The van der Waals surface area contributed by atoms with Crippen LogP contribution < -0.4 is 0 Å². The van der Waals surface area contributed by atoms with E-state index in [4.69, 9.17) is 0 Å². The van der Waals surface area contributed by atoms with Crippen molar-refractivity contribution < 1.29 is 8.42 Å². The van der Waals surface area contributed by atoms with Crippen molar-refractivity contribution in [1.29, 1.82) is 0 Å². The van der Waals surface area contributed by atoms with Gasteiger partial charge in [0.05, 0.1) is 11.9 Å². The third-order valence-electron chi connectivity index (χ3n) is 3.99. The van der Waals surface area contributed by atoms with E-state index in [1.165, 1.54) is 6.26 Å². The van der Waals surface area contributed by atoms with Crippen molar-refractivity contribution in [2.75, 3.05) is 19.3 Å². The molecule has 1 saturated heterocycles. The molecule has 0 aliphatic carbocycles. The van der Waals surface area contributed by atoms with Crippen molar-refractivity contribution >= 4 is 10.0 Å². The molecule has 0 saturated carbocycles. The number of hydrogen-bond donors (Lipinski definition) is 1. The van der Waals surface area contributed by atoms with Crippen LogP contribution in [-0.2, 0) is 16.4 Å². The summed E-state index contributed by atoms with van der Waals surface area (Å²) in [5.74, 6) is 0.332. The van der Waals surface area contributed by atoms with Crippen molar-refractivity contribution in [2.45, 2.75) is 19.8 Å². The number of nitrogens with one attached hydrogen (secondary N) is 1. The molecule has 6 nitrogen and oxygen atoms in total. The average molecular weight is 320 g/mol. The second kappa shape index (κ2) is 5.81. The lowest BCUT2D eigenvalue weighted by molar-refractivity contribution is 0.459. The van der Waals surface area contributed by atoms with E-state index in [0.29, 0.717) is 19.0 Å². The fourth-order valence-corrected chi connectivity index (χ4v) is 3.76. The molecule has 22 heavy (non-hydrogen) atoms. The van der Waals surface area contributed by atoms with Crippen LogP contribution in [0.15, 0.2) is 24.3 Å². The number of nitrogens with zero attached hydrogens (tertiary/aromatic N) is 3. The average Bonchev–Trinajstić information content (AvgIpc) is 3.08. The molecule has 1 aliphatic rings. The van der Waals surface area contributed by atoms with Crippen molar-refractivity contribution in [2.24, 2.45) is 5.92 Å². The zero-order chi connectivity index (χ0) is 15.7. The van der Waals surface area contributed by atoms with Crippen LogP contribution in [0.4, 0.5) is 0 Å². The first-order chi connectivity index (χ1) is 10.4. The quantitative estimate of drug-likeness (QED) is 0.928. The van der Waals surface area contributed by atoms with Crippen LogP contribution in [0.1, 0.15) is 17.8 Å². The van der Waals surface area contributed by atoms with Crippen LogP contribution in [0.5, 0.6) is 0 Å². The highest BCUT2D eigenvalue weighted by molar-refractivity contribution is 7.88. The minimum absolute atomic E-state index is 0.332. The molecular formula is C15H20N4O2S. The maximum atomic E-state index is 11.6. The second-order valence-electron chi connectivity index (χ2n) is 5.93. The summed E-state index contributed by atoms with van der Waals surface area (Å²) in [4.78, 5) is 4.66. The number of rotatable bonds is 4. The normalized spacial score (nSPS) is 19.6. The van der Waals surface area contributed by atoms with Crippen LogP contribution in [0.3, 0.4) is 0 Å². The predicted octanol–water partition coefficient (Wildman–Crippen LogP) is 1.60. The minimum atomic E-state index is -3.08. The van der Waals surface area contributed by atoms with E-state index >= 15 is 0 Å². The highest BCUT2D eigenvalue weighted by atomic mass is 32.2. The van der Waals surface area contributed by atoms with Gasteiger partial charge in [-0.15, -0.1) is 0 Å². The Morgan fingerprint density at radius 3 is 2.82 bits per heavy atom. The molecule has 1 fully saturated rings. The summed E-state index contributed by atoms with van der Waals surface area (Å²) < 4.78 is 24.7. The number of aryl methyl sites for hydroxylation is 1. The van der Waals surface area contributed by atoms with Gasteiger partial charge in [0.2, 0.25) is 10.0 Å². The highest BCUT2D eigenvalue weighted by Crippen LogP contribution is 2.23. The van der Waals surface area contributed by atoms with E-state index < -0.39 is 10.0 Å². The van der Waals surface area contributed by atoms with Crippen LogP contribution in [0.25, 0.3) is 11.4 Å². The summed E-state index contributed by atoms with van der Waals surface area (Å²) in [5.41, 5.74) is 3.67. The molecule has 1 atom stereocenters. The molecule has 0 amide bonds. The Balaban J connectivity index is 1.72. The SMILES string of the molecule is Cc1cc(-c2cccc(C[C@H]3CCN(S(C)(=O)=O)C3)n2)n[nH]1. The van der Waals surface area contributed by atoms with Gasteiger partial charge in [-0.1, -0.05) is 6.07 Å². The third kappa shape index (κ3) is 3.36. The number of sulfonamides is 1. The highest BCUT2D eigenvalue weighted by Gasteiger charge is 2.28. The molecule has 3 heterocycles. The summed E-state index contributed by atoms with van der Waals surface area (Å²) in [6.45, 7) is 3.16. The van der Waals surface area contributed by atoms with Gasteiger partial charge in [0, 0.05) is 24.5 Å². The fraction of sp³-hybridized carbons (Fsp3) is 0.467. The lowest BCUT2D eigenvalue weighted by Crippen LogP contribution is -2.27. The molecule has 2 aromatic heterocycles. The summed E-state index contributed by atoms with van der Waals surface area (Å²) in [5, 5.41) is 7.15. The Hall–Kier alpha value is -1.73. The smallest absolute Gasteiger partial charge is 0.211 e. The van der Waals surface area contributed by atoms with E-state index in [9.17, 15) is 8.42 Å². The molecule has 118 valence electrons. The van der Waals surface area contributed by atoms with E-state index in [0.717, 1.165) is 35.6 Å². The number of hydrogen-bond acceptors (Lipinski definition) is 4. The standard InChI is InChI=1S/C15H20N4O2S/c1-11-8-15(18-17-11)14-5-3-4-13(16-14)9-12-6-7-19(10-12)22(2,20)21/h3-5,8,12H,6-7,9-10H2,1-2H3,(H,17,18)/t12-/m1/s1. The molecule has 0 aromatic carbocycles. The largest absolute Gasteiger partial charge is 0.282 e. The van der Waals surface area contributed by atoms with Gasteiger partial charge < -0.3 is 0 Å². The molecule has 0 bridgehead atoms. The topological polar surface area (TPSA) is 79.0 Å². The minimum Gasteiger partial charge on any atom is -0.282 e. The molecule has 7 heteroatoms. The van der Waals surface area contributed by atoms with Gasteiger partial charge in [0.25, 0.3) is 0 Å². The Kier molecular flexibility index (Phi) is 4.01. The summed E-state index contributed by atoms with van der Waals surface area (Å²) in [6, 6.07) is 7.88. The van der Waals surface area contributed by atoms with Gasteiger partial charge in [-0.2, -0.15) is 5.10 Å². The van der Waals surface area contributed by atoms with E-state index in [-0.39, 0.29) is 0 Å².